The molecule has 0 amide bonds. The number of benzene rings is 1. The Hall–Kier alpha value is -1.82. The van der Waals surface area contributed by atoms with Crippen molar-refractivity contribution in [1.29, 1.82) is 0 Å². The number of anilines is 2. The molecule has 2 N–H and O–H groups in total. The monoisotopic (exact) mass is 247 g/mol. The second kappa shape index (κ2) is 4.13. The van der Waals surface area contributed by atoms with Crippen molar-refractivity contribution in [3.63, 3.8) is 0 Å². The Balaban J connectivity index is 1.96. The van der Waals surface area contributed by atoms with Crippen LogP contribution in [0.15, 0.2) is 16.8 Å². The molecule has 1 aromatic heterocycles. The van der Waals surface area contributed by atoms with Crippen LogP contribution in [0.2, 0.25) is 0 Å². The number of fused-ring (bicyclic) bond motifs is 1. The molecule has 96 valence electrons. The molecule has 0 spiro atoms. The van der Waals surface area contributed by atoms with Gasteiger partial charge in [0.15, 0.2) is 11.0 Å². The van der Waals surface area contributed by atoms with Crippen LogP contribution in [0.1, 0.15) is 6.42 Å². The molecule has 2 heterocycles. The standard InChI is InChI=1S/C12H17N5O/c1-16(2)8-5-6-17(7-8)10-4-3-9(13)11-12(10)15-18-14-11/h3-4,8H,5-7,13H2,1-2H3. The summed E-state index contributed by atoms with van der Waals surface area (Å²) in [5.41, 5.74) is 8.94. The Labute approximate surface area is 105 Å². The largest absolute Gasteiger partial charge is 0.397 e. The van der Waals surface area contributed by atoms with E-state index in [4.69, 9.17) is 10.4 Å². The lowest BCUT2D eigenvalue weighted by molar-refractivity contribution is 0.314. The molecule has 3 rings (SSSR count). The number of nitrogen functional groups attached to an aromatic ring is 1. The summed E-state index contributed by atoms with van der Waals surface area (Å²) >= 11 is 0. The molecule has 0 saturated carbocycles. The fourth-order valence-corrected chi connectivity index (χ4v) is 2.51. The number of hydrogen-bond donors (Lipinski definition) is 1. The minimum absolute atomic E-state index is 0.581. The van der Waals surface area contributed by atoms with Crippen LogP contribution < -0.4 is 10.6 Å². The van der Waals surface area contributed by atoms with Gasteiger partial charge < -0.3 is 15.5 Å². The van der Waals surface area contributed by atoms with E-state index in [1.807, 2.05) is 12.1 Å². The summed E-state index contributed by atoms with van der Waals surface area (Å²) in [6, 6.07) is 4.45. The van der Waals surface area contributed by atoms with Crippen molar-refractivity contribution in [2.75, 3.05) is 37.8 Å². The van der Waals surface area contributed by atoms with Gasteiger partial charge in [0.25, 0.3) is 0 Å². The van der Waals surface area contributed by atoms with E-state index in [9.17, 15) is 0 Å². The molecule has 1 aliphatic heterocycles. The number of likely N-dealkylation sites (N-methyl/N-ethyl adjacent to an activating group) is 1. The third kappa shape index (κ3) is 1.69. The molecule has 18 heavy (non-hydrogen) atoms. The molecule has 6 nitrogen and oxygen atoms in total. The maximum Gasteiger partial charge on any atom is 0.160 e. The molecule has 2 aromatic rings. The smallest absolute Gasteiger partial charge is 0.160 e. The summed E-state index contributed by atoms with van der Waals surface area (Å²) in [5, 5.41) is 7.83. The van der Waals surface area contributed by atoms with E-state index in [1.54, 1.807) is 0 Å². The highest BCUT2D eigenvalue weighted by Crippen LogP contribution is 2.31. The van der Waals surface area contributed by atoms with Gasteiger partial charge >= 0.3 is 0 Å². The van der Waals surface area contributed by atoms with Gasteiger partial charge in [0, 0.05) is 19.1 Å². The van der Waals surface area contributed by atoms with Crippen molar-refractivity contribution in [3.8, 4) is 0 Å². The highest BCUT2D eigenvalue weighted by atomic mass is 16.6. The molecule has 1 unspecified atom stereocenters. The molecular formula is C12H17N5O. The van der Waals surface area contributed by atoms with Crippen LogP contribution in [0.3, 0.4) is 0 Å². The first-order valence-corrected chi connectivity index (χ1v) is 6.09. The van der Waals surface area contributed by atoms with Crippen LogP contribution in [0, 0.1) is 0 Å². The van der Waals surface area contributed by atoms with Crippen molar-refractivity contribution >= 4 is 22.4 Å². The summed E-state index contributed by atoms with van der Waals surface area (Å²) in [7, 11) is 4.23. The van der Waals surface area contributed by atoms with E-state index in [0.29, 0.717) is 17.2 Å². The number of nitrogens with zero attached hydrogens (tertiary/aromatic N) is 4. The van der Waals surface area contributed by atoms with Gasteiger partial charge in [-0.3, -0.25) is 0 Å². The van der Waals surface area contributed by atoms with Crippen LogP contribution in [0.5, 0.6) is 0 Å². The molecule has 0 bridgehead atoms. The van der Waals surface area contributed by atoms with Gasteiger partial charge in [-0.25, -0.2) is 4.63 Å². The van der Waals surface area contributed by atoms with Crippen LogP contribution in [-0.4, -0.2) is 48.4 Å². The third-order valence-electron chi connectivity index (χ3n) is 3.66. The van der Waals surface area contributed by atoms with Gasteiger partial charge in [0.2, 0.25) is 0 Å². The van der Waals surface area contributed by atoms with Crippen LogP contribution >= 0.6 is 0 Å². The summed E-state index contributed by atoms with van der Waals surface area (Å²) in [6.45, 7) is 2.02. The topological polar surface area (TPSA) is 71.4 Å². The molecule has 1 aromatic carbocycles. The van der Waals surface area contributed by atoms with Gasteiger partial charge in [-0.1, -0.05) is 0 Å². The molecule has 1 aliphatic rings. The van der Waals surface area contributed by atoms with Gasteiger partial charge in [0.05, 0.1) is 11.4 Å². The molecule has 1 atom stereocenters. The zero-order chi connectivity index (χ0) is 12.7. The van der Waals surface area contributed by atoms with Gasteiger partial charge in [0.1, 0.15) is 0 Å². The maximum atomic E-state index is 5.85. The van der Waals surface area contributed by atoms with Gasteiger partial charge in [-0.2, -0.15) is 0 Å². The SMILES string of the molecule is CN(C)C1CCN(c2ccc(N)c3nonc23)C1. The summed E-state index contributed by atoms with van der Waals surface area (Å²) < 4.78 is 4.80. The minimum atomic E-state index is 0.581. The second-order valence-electron chi connectivity index (χ2n) is 4.99. The number of hydrogen-bond acceptors (Lipinski definition) is 6. The summed E-state index contributed by atoms with van der Waals surface area (Å²) in [5.74, 6) is 0. The Morgan fingerprint density at radius 1 is 1.33 bits per heavy atom. The lowest BCUT2D eigenvalue weighted by atomic mass is 10.2. The fourth-order valence-electron chi connectivity index (χ4n) is 2.51. The maximum absolute atomic E-state index is 5.85. The Morgan fingerprint density at radius 3 is 2.83 bits per heavy atom. The van der Waals surface area contributed by atoms with Gasteiger partial charge in [-0.15, -0.1) is 0 Å². The van der Waals surface area contributed by atoms with Crippen molar-refractivity contribution in [3.05, 3.63) is 12.1 Å². The molecular weight excluding hydrogens is 230 g/mol. The van der Waals surface area contributed by atoms with Crippen LogP contribution in [0.25, 0.3) is 11.0 Å². The number of nitrogens with two attached hydrogens (primary N) is 1. The van der Waals surface area contributed by atoms with E-state index in [0.717, 1.165) is 30.7 Å². The normalized spacial score (nSPS) is 20.2. The predicted octanol–water partition coefficient (Wildman–Crippen LogP) is 0.945. The number of aromatic nitrogens is 2. The zero-order valence-corrected chi connectivity index (χ0v) is 10.6. The minimum Gasteiger partial charge on any atom is -0.397 e. The predicted molar refractivity (Wildman–Crippen MR) is 70.5 cm³/mol. The first kappa shape index (κ1) is 11.3. The van der Waals surface area contributed by atoms with E-state index in [2.05, 4.69) is 34.2 Å². The second-order valence-corrected chi connectivity index (χ2v) is 4.99. The average Bonchev–Trinajstić information content (AvgIpc) is 2.98. The van der Waals surface area contributed by atoms with Crippen molar-refractivity contribution < 1.29 is 4.63 Å². The lowest BCUT2D eigenvalue weighted by Gasteiger charge is -2.21. The first-order chi connectivity index (χ1) is 8.66. The van der Waals surface area contributed by atoms with E-state index in [1.165, 1.54) is 0 Å². The Morgan fingerprint density at radius 2 is 2.11 bits per heavy atom. The molecule has 1 saturated heterocycles. The number of rotatable bonds is 2. The van der Waals surface area contributed by atoms with E-state index in [-0.39, 0.29) is 0 Å². The van der Waals surface area contributed by atoms with E-state index < -0.39 is 0 Å². The summed E-state index contributed by atoms with van der Waals surface area (Å²) in [4.78, 5) is 4.58. The molecule has 0 radical (unpaired) electrons. The Kier molecular flexibility index (Phi) is 2.59. The fraction of sp³-hybridized carbons (Fsp3) is 0.500. The van der Waals surface area contributed by atoms with Crippen molar-refractivity contribution in [2.45, 2.75) is 12.5 Å². The molecule has 0 aliphatic carbocycles. The quantitative estimate of drug-likeness (QED) is 0.796. The van der Waals surface area contributed by atoms with Crippen molar-refractivity contribution in [1.82, 2.24) is 15.2 Å². The van der Waals surface area contributed by atoms with E-state index >= 15 is 0 Å². The average molecular weight is 247 g/mol. The highest BCUT2D eigenvalue weighted by molar-refractivity contribution is 5.95. The Bertz CT molecular complexity index is 565. The highest BCUT2D eigenvalue weighted by Gasteiger charge is 2.26. The summed E-state index contributed by atoms with van der Waals surface area (Å²) in [6.07, 6.45) is 1.16. The van der Waals surface area contributed by atoms with Crippen molar-refractivity contribution in [2.24, 2.45) is 0 Å². The van der Waals surface area contributed by atoms with Crippen LogP contribution in [0.4, 0.5) is 11.4 Å². The van der Waals surface area contributed by atoms with Crippen LogP contribution in [-0.2, 0) is 0 Å². The third-order valence-corrected chi connectivity index (χ3v) is 3.66. The lowest BCUT2D eigenvalue weighted by Crippen LogP contribution is -2.31. The molecule has 6 heteroatoms. The molecule has 1 fully saturated rings. The van der Waals surface area contributed by atoms with Gasteiger partial charge in [-0.05, 0) is 43.0 Å². The zero-order valence-electron chi connectivity index (χ0n) is 10.6. The first-order valence-electron chi connectivity index (χ1n) is 6.09.